The second-order valence-corrected chi connectivity index (χ2v) is 9.48. The van der Waals surface area contributed by atoms with Gasteiger partial charge in [-0.2, -0.15) is 10.2 Å². The lowest BCUT2D eigenvalue weighted by Crippen LogP contribution is -2.10. The largest absolute Gasteiger partial charge is 0.482 e. The molecule has 0 spiro atoms. The van der Waals surface area contributed by atoms with Gasteiger partial charge in [0.25, 0.3) is 0 Å². The van der Waals surface area contributed by atoms with Crippen molar-refractivity contribution in [3.63, 3.8) is 0 Å². The van der Waals surface area contributed by atoms with E-state index in [1.807, 2.05) is 37.8 Å². The van der Waals surface area contributed by atoms with Crippen LogP contribution in [-0.2, 0) is 20.0 Å². The Labute approximate surface area is 197 Å². The molecule has 1 saturated carbocycles. The summed E-state index contributed by atoms with van der Waals surface area (Å²) < 4.78 is 24.6. The molecule has 34 heavy (non-hydrogen) atoms. The molecule has 8 heteroatoms. The number of hydrogen-bond acceptors (Lipinski definition) is 5. The van der Waals surface area contributed by atoms with E-state index in [0.717, 1.165) is 51.4 Å². The molecule has 2 N–H and O–H groups in total. The van der Waals surface area contributed by atoms with Crippen molar-refractivity contribution >= 4 is 5.82 Å². The van der Waals surface area contributed by atoms with Gasteiger partial charge in [0.05, 0.1) is 17.1 Å². The molecule has 0 radical (unpaired) electrons. The monoisotopic (exact) mass is 458 g/mol. The van der Waals surface area contributed by atoms with E-state index in [1.165, 1.54) is 25.0 Å². The van der Waals surface area contributed by atoms with Gasteiger partial charge in [-0.1, -0.05) is 6.07 Å². The number of hydrogen-bond donors (Lipinski definition) is 1. The maximum Gasteiger partial charge on any atom is 0.166 e. The molecular weight excluding hydrogens is 431 g/mol. The zero-order valence-electron chi connectivity index (χ0n) is 19.5. The van der Waals surface area contributed by atoms with Crippen molar-refractivity contribution in [1.82, 2.24) is 24.5 Å². The highest BCUT2D eigenvalue weighted by Crippen LogP contribution is 2.40. The van der Waals surface area contributed by atoms with Crippen molar-refractivity contribution in [2.75, 3.05) is 5.73 Å². The minimum Gasteiger partial charge on any atom is -0.482 e. The van der Waals surface area contributed by atoms with Crippen LogP contribution in [0.1, 0.15) is 48.4 Å². The number of fused-ring (bicyclic) bond motifs is 7. The highest BCUT2D eigenvalue weighted by Gasteiger charge is 2.28. The summed E-state index contributed by atoms with van der Waals surface area (Å²) in [5.41, 5.74) is 13.7. The number of ether oxygens (including phenoxy) is 1. The number of nitrogens with two attached hydrogens (primary N) is 1. The Morgan fingerprint density at radius 3 is 2.79 bits per heavy atom. The van der Waals surface area contributed by atoms with E-state index in [-0.39, 0.29) is 5.82 Å². The molecule has 4 heterocycles. The number of nitrogen functional groups attached to an aromatic ring is 1. The lowest BCUT2D eigenvalue weighted by molar-refractivity contribution is 0.228. The van der Waals surface area contributed by atoms with E-state index < -0.39 is 6.10 Å². The number of aryl methyl sites for hydroxylation is 2. The summed E-state index contributed by atoms with van der Waals surface area (Å²) in [5.74, 6) is 1.13. The van der Waals surface area contributed by atoms with E-state index >= 15 is 0 Å². The summed E-state index contributed by atoms with van der Waals surface area (Å²) in [5, 5.41) is 9.73. The molecule has 1 aliphatic carbocycles. The highest BCUT2D eigenvalue weighted by molar-refractivity contribution is 5.73. The van der Waals surface area contributed by atoms with Gasteiger partial charge in [-0.25, -0.2) is 9.37 Å². The van der Waals surface area contributed by atoms with Crippen LogP contribution in [0, 0.1) is 18.7 Å². The van der Waals surface area contributed by atoms with Crippen molar-refractivity contribution in [1.29, 1.82) is 0 Å². The Bertz CT molecular complexity index is 1420. The van der Waals surface area contributed by atoms with Crippen molar-refractivity contribution in [3.8, 4) is 28.1 Å². The molecule has 1 unspecified atom stereocenters. The molecule has 1 atom stereocenters. The summed E-state index contributed by atoms with van der Waals surface area (Å²) in [6.45, 7) is 4.83. The standard InChI is InChI=1S/C26H27FN6O/c1-14-20-10-23-22(13-32(3)31-23)19-7-6-18(27)9-21(19)15(2)34-24-8-17(11-29-26(24)28)25(20)33(30-14)12-16-4-5-16/h6-9,11,13,15-16H,4-5,10,12H2,1-3H3,(H2,28,29). The van der Waals surface area contributed by atoms with Crippen LogP contribution < -0.4 is 10.5 Å². The predicted octanol–water partition coefficient (Wildman–Crippen LogP) is 4.83. The molecule has 1 aromatic carbocycles. The number of rotatable bonds is 2. The second kappa shape index (κ2) is 7.68. The lowest BCUT2D eigenvalue weighted by Gasteiger charge is -2.21. The summed E-state index contributed by atoms with van der Waals surface area (Å²) in [7, 11) is 1.91. The van der Waals surface area contributed by atoms with E-state index in [9.17, 15) is 4.39 Å². The molecule has 7 nitrogen and oxygen atoms in total. The quantitative estimate of drug-likeness (QED) is 0.465. The van der Waals surface area contributed by atoms with Crippen LogP contribution in [0.4, 0.5) is 10.2 Å². The molecule has 6 rings (SSSR count). The molecule has 1 fully saturated rings. The Morgan fingerprint density at radius 2 is 2.00 bits per heavy atom. The zero-order valence-corrected chi connectivity index (χ0v) is 19.5. The second-order valence-electron chi connectivity index (χ2n) is 9.48. The topological polar surface area (TPSA) is 83.8 Å². The highest BCUT2D eigenvalue weighted by atomic mass is 19.1. The van der Waals surface area contributed by atoms with Crippen LogP contribution in [0.5, 0.6) is 5.75 Å². The predicted molar refractivity (Wildman–Crippen MR) is 128 cm³/mol. The van der Waals surface area contributed by atoms with Gasteiger partial charge in [0, 0.05) is 54.7 Å². The Hall–Kier alpha value is -3.68. The molecule has 2 bridgehead atoms. The summed E-state index contributed by atoms with van der Waals surface area (Å²) in [6, 6.07) is 6.75. The van der Waals surface area contributed by atoms with E-state index in [2.05, 4.69) is 9.67 Å². The fraction of sp³-hybridized carbons (Fsp3) is 0.346. The van der Waals surface area contributed by atoms with Crippen LogP contribution in [0.2, 0.25) is 0 Å². The molecule has 4 aromatic rings. The first-order valence-corrected chi connectivity index (χ1v) is 11.7. The first-order chi connectivity index (χ1) is 16.4. The van der Waals surface area contributed by atoms with Crippen LogP contribution in [0.3, 0.4) is 0 Å². The van der Waals surface area contributed by atoms with Gasteiger partial charge in [0.15, 0.2) is 11.6 Å². The minimum absolute atomic E-state index is 0.305. The SMILES string of the molecule is Cc1nn(CC2CC2)c2c1Cc1nn(C)cc1-c1ccc(F)cc1C(C)Oc1cc-2cnc1N. The lowest BCUT2D eigenvalue weighted by atomic mass is 9.93. The maximum atomic E-state index is 14.3. The van der Waals surface area contributed by atoms with Crippen LogP contribution in [0.15, 0.2) is 36.7 Å². The average molecular weight is 459 g/mol. The van der Waals surface area contributed by atoms with Gasteiger partial charge in [0.1, 0.15) is 11.9 Å². The van der Waals surface area contributed by atoms with Crippen LogP contribution in [-0.4, -0.2) is 24.5 Å². The average Bonchev–Trinajstić information content (AvgIpc) is 3.46. The smallest absolute Gasteiger partial charge is 0.166 e. The number of halogens is 1. The number of anilines is 1. The third-order valence-corrected chi connectivity index (χ3v) is 6.83. The fourth-order valence-electron chi connectivity index (χ4n) is 4.94. The number of pyridine rings is 1. The van der Waals surface area contributed by atoms with Gasteiger partial charge in [-0.05, 0) is 56.4 Å². The zero-order chi connectivity index (χ0) is 23.6. The molecule has 1 aliphatic heterocycles. The summed E-state index contributed by atoms with van der Waals surface area (Å²) in [4.78, 5) is 4.45. The maximum absolute atomic E-state index is 14.3. The normalized spacial score (nSPS) is 17.1. The third kappa shape index (κ3) is 3.54. The molecular formula is C26H27FN6O. The minimum atomic E-state index is -0.449. The van der Waals surface area contributed by atoms with Gasteiger partial charge in [-0.3, -0.25) is 9.36 Å². The number of benzene rings is 1. The first-order valence-electron chi connectivity index (χ1n) is 11.7. The number of nitrogens with zero attached hydrogens (tertiary/aromatic N) is 5. The van der Waals surface area contributed by atoms with E-state index in [0.29, 0.717) is 23.9 Å². The molecule has 0 saturated heterocycles. The molecule has 0 amide bonds. The number of aromatic nitrogens is 5. The van der Waals surface area contributed by atoms with E-state index in [4.69, 9.17) is 20.7 Å². The van der Waals surface area contributed by atoms with Gasteiger partial charge >= 0.3 is 0 Å². The summed E-state index contributed by atoms with van der Waals surface area (Å²) >= 11 is 0. The Morgan fingerprint density at radius 1 is 1.18 bits per heavy atom. The molecule has 174 valence electrons. The van der Waals surface area contributed by atoms with Crippen molar-refractivity contribution in [3.05, 3.63) is 65.0 Å². The van der Waals surface area contributed by atoms with Crippen LogP contribution in [0.25, 0.3) is 22.4 Å². The first kappa shape index (κ1) is 20.9. The van der Waals surface area contributed by atoms with Crippen molar-refractivity contribution in [2.45, 2.75) is 45.8 Å². The Balaban J connectivity index is 1.62. The Kier molecular flexibility index (Phi) is 4.72. The van der Waals surface area contributed by atoms with Gasteiger partial charge < -0.3 is 10.5 Å². The molecule has 2 aliphatic rings. The molecule has 3 aromatic heterocycles. The summed E-state index contributed by atoms with van der Waals surface area (Å²) in [6.07, 6.45) is 6.40. The van der Waals surface area contributed by atoms with Gasteiger partial charge in [-0.15, -0.1) is 0 Å². The van der Waals surface area contributed by atoms with E-state index in [1.54, 1.807) is 12.3 Å². The van der Waals surface area contributed by atoms with Gasteiger partial charge in [0.2, 0.25) is 0 Å². The van der Waals surface area contributed by atoms with Crippen LogP contribution >= 0.6 is 0 Å². The third-order valence-electron chi connectivity index (χ3n) is 6.83. The van der Waals surface area contributed by atoms with Crippen molar-refractivity contribution < 1.29 is 9.13 Å². The van der Waals surface area contributed by atoms with Crippen molar-refractivity contribution in [2.24, 2.45) is 13.0 Å². The fourth-order valence-corrected chi connectivity index (χ4v) is 4.94.